The van der Waals surface area contributed by atoms with Gasteiger partial charge in [0.05, 0.1) is 0 Å². The first-order valence-electron chi connectivity index (χ1n) is 15.9. The predicted octanol–water partition coefficient (Wildman–Crippen LogP) is 10.5. The normalized spacial score (nSPS) is 11.3. The van der Waals surface area contributed by atoms with E-state index in [0.717, 1.165) is 33.4 Å². The molecule has 3 heterocycles. The van der Waals surface area contributed by atoms with Gasteiger partial charge >= 0.3 is 0 Å². The molecule has 0 spiro atoms. The molecule has 0 saturated carbocycles. The van der Waals surface area contributed by atoms with Crippen LogP contribution in [0.4, 0.5) is 0 Å². The summed E-state index contributed by atoms with van der Waals surface area (Å²) in [4.78, 5) is 23.4. The second-order valence-corrected chi connectivity index (χ2v) is 11.7. The van der Waals surface area contributed by atoms with E-state index >= 15 is 0 Å². The molecule has 9 rings (SSSR count). The minimum Gasteiger partial charge on any atom is -0.264 e. The lowest BCUT2D eigenvalue weighted by molar-refractivity contribution is 1.07. The van der Waals surface area contributed by atoms with Gasteiger partial charge in [0, 0.05) is 41.5 Å². The summed E-state index contributed by atoms with van der Waals surface area (Å²) in [6.07, 6.45) is 7.05. The molecule has 0 saturated heterocycles. The Morgan fingerprint density at radius 2 is 0.812 bits per heavy atom. The molecule has 5 heteroatoms. The van der Waals surface area contributed by atoms with Crippen molar-refractivity contribution in [3.63, 3.8) is 0 Å². The molecule has 3 aromatic heterocycles. The minimum atomic E-state index is 0.560. The summed E-state index contributed by atoms with van der Waals surface area (Å²) >= 11 is 0. The van der Waals surface area contributed by atoms with Gasteiger partial charge in [0.2, 0.25) is 0 Å². The Bertz CT molecular complexity index is 2500. The van der Waals surface area contributed by atoms with Gasteiger partial charge < -0.3 is 0 Å². The van der Waals surface area contributed by atoms with E-state index in [1.54, 1.807) is 24.8 Å². The zero-order valence-electron chi connectivity index (χ0n) is 25.8. The maximum Gasteiger partial charge on any atom is 0.165 e. The highest BCUT2D eigenvalue weighted by atomic mass is 15.0. The van der Waals surface area contributed by atoms with Crippen LogP contribution >= 0.6 is 0 Å². The summed E-state index contributed by atoms with van der Waals surface area (Å²) in [7, 11) is 0. The van der Waals surface area contributed by atoms with Gasteiger partial charge in [0.25, 0.3) is 0 Å². The highest BCUT2D eigenvalue weighted by Gasteiger charge is 2.18. The van der Waals surface area contributed by atoms with Crippen molar-refractivity contribution in [2.75, 3.05) is 0 Å². The third kappa shape index (κ3) is 4.77. The number of hydrogen-bond donors (Lipinski definition) is 0. The van der Waals surface area contributed by atoms with Crippen LogP contribution in [0.5, 0.6) is 0 Å². The number of pyridine rings is 2. The monoisotopic (exact) mass is 613 g/mol. The first-order valence-corrected chi connectivity index (χ1v) is 15.9. The van der Waals surface area contributed by atoms with Crippen molar-refractivity contribution in [3.05, 3.63) is 164 Å². The lowest BCUT2D eigenvalue weighted by atomic mass is 9.86. The van der Waals surface area contributed by atoms with E-state index in [4.69, 9.17) is 15.0 Å². The molecule has 0 aliphatic carbocycles. The molecule has 0 aliphatic heterocycles. The van der Waals surface area contributed by atoms with Crippen molar-refractivity contribution in [2.24, 2.45) is 0 Å². The number of benzene rings is 6. The van der Waals surface area contributed by atoms with E-state index in [-0.39, 0.29) is 0 Å². The first-order chi connectivity index (χ1) is 23.8. The Hall–Kier alpha value is -6.59. The Kier molecular flexibility index (Phi) is 6.72. The van der Waals surface area contributed by atoms with E-state index in [0.29, 0.717) is 17.5 Å². The van der Waals surface area contributed by atoms with E-state index < -0.39 is 0 Å². The molecule has 0 radical (unpaired) electrons. The van der Waals surface area contributed by atoms with Gasteiger partial charge in [-0.05, 0) is 84.9 Å². The summed E-state index contributed by atoms with van der Waals surface area (Å²) in [5, 5.41) is 7.49. The fourth-order valence-corrected chi connectivity index (χ4v) is 6.71. The van der Waals surface area contributed by atoms with E-state index in [1.165, 1.54) is 37.9 Å². The lowest BCUT2D eigenvalue weighted by Gasteiger charge is -2.18. The van der Waals surface area contributed by atoms with Gasteiger partial charge in [-0.25, -0.2) is 15.0 Å². The van der Waals surface area contributed by atoms with Crippen LogP contribution in [0.25, 0.3) is 88.7 Å². The minimum absolute atomic E-state index is 0.560. The molecule has 0 unspecified atom stereocenters. The molecule has 5 nitrogen and oxygen atoms in total. The standard InChI is InChI=1S/C43H27N5/c1-2-11-28(12-3-1)39-25-29(41-46-42(30-13-9-23-44-26-30)48-43(47-41)31-14-10-24-45-27-31)21-22-35(39)38-20-8-19-37-34-16-5-4-15-32(34)33-17-6-7-18-36(33)40(37)38/h1-27H. The first kappa shape index (κ1) is 27.7. The maximum atomic E-state index is 4.98. The number of aromatic nitrogens is 5. The summed E-state index contributed by atoms with van der Waals surface area (Å²) in [5.41, 5.74) is 7.08. The smallest absolute Gasteiger partial charge is 0.165 e. The number of hydrogen-bond acceptors (Lipinski definition) is 5. The number of fused-ring (bicyclic) bond motifs is 6. The van der Waals surface area contributed by atoms with E-state index in [9.17, 15) is 0 Å². The Balaban J connectivity index is 1.31. The quantitative estimate of drug-likeness (QED) is 0.181. The molecule has 0 bridgehead atoms. The summed E-state index contributed by atoms with van der Waals surface area (Å²) in [6.45, 7) is 0. The second kappa shape index (κ2) is 11.6. The largest absolute Gasteiger partial charge is 0.264 e. The predicted molar refractivity (Wildman–Crippen MR) is 195 cm³/mol. The van der Waals surface area contributed by atoms with Crippen LogP contribution in [-0.2, 0) is 0 Å². The lowest BCUT2D eigenvalue weighted by Crippen LogP contribution is -2.01. The van der Waals surface area contributed by atoms with Crippen LogP contribution < -0.4 is 0 Å². The number of nitrogens with zero attached hydrogens (tertiary/aromatic N) is 5. The average Bonchev–Trinajstić information content (AvgIpc) is 3.18. The Labute approximate surface area is 277 Å². The van der Waals surface area contributed by atoms with Crippen LogP contribution in [0.15, 0.2) is 164 Å². The highest BCUT2D eigenvalue weighted by molar-refractivity contribution is 6.28. The van der Waals surface area contributed by atoms with Crippen molar-refractivity contribution in [1.29, 1.82) is 0 Å². The van der Waals surface area contributed by atoms with Crippen LogP contribution in [0, 0.1) is 0 Å². The molecule has 0 amide bonds. The topological polar surface area (TPSA) is 64.5 Å². The molecule has 48 heavy (non-hydrogen) atoms. The van der Waals surface area contributed by atoms with Crippen molar-refractivity contribution >= 4 is 32.3 Å². The van der Waals surface area contributed by atoms with Crippen LogP contribution in [0.3, 0.4) is 0 Å². The maximum absolute atomic E-state index is 4.98. The Morgan fingerprint density at radius 1 is 0.312 bits per heavy atom. The molecule has 0 N–H and O–H groups in total. The van der Waals surface area contributed by atoms with Crippen LogP contribution in [0.1, 0.15) is 0 Å². The van der Waals surface area contributed by atoms with Crippen LogP contribution in [-0.4, -0.2) is 24.9 Å². The van der Waals surface area contributed by atoms with Crippen molar-refractivity contribution in [1.82, 2.24) is 24.9 Å². The van der Waals surface area contributed by atoms with Crippen molar-refractivity contribution < 1.29 is 0 Å². The summed E-state index contributed by atoms with van der Waals surface area (Å²) in [5.74, 6) is 1.70. The summed E-state index contributed by atoms with van der Waals surface area (Å²) in [6, 6.07) is 48.9. The molecule has 0 atom stereocenters. The molecule has 9 aromatic rings. The SMILES string of the molecule is c1ccc(-c2cc(-c3nc(-c4cccnc4)nc(-c4cccnc4)n3)ccc2-c2cccc3c4ccccc4c4ccccc4c23)cc1. The van der Waals surface area contributed by atoms with Crippen molar-refractivity contribution in [3.8, 4) is 56.4 Å². The third-order valence-electron chi connectivity index (χ3n) is 8.90. The number of rotatable bonds is 5. The van der Waals surface area contributed by atoms with Gasteiger partial charge in [-0.2, -0.15) is 0 Å². The zero-order chi connectivity index (χ0) is 31.9. The molecule has 0 aliphatic rings. The average molecular weight is 614 g/mol. The fourth-order valence-electron chi connectivity index (χ4n) is 6.71. The summed E-state index contributed by atoms with van der Waals surface area (Å²) < 4.78 is 0. The van der Waals surface area contributed by atoms with Gasteiger partial charge in [-0.1, -0.05) is 109 Å². The molecular weight excluding hydrogens is 587 g/mol. The zero-order valence-corrected chi connectivity index (χ0v) is 25.8. The van der Waals surface area contributed by atoms with Gasteiger partial charge in [0.1, 0.15) is 0 Å². The molecule has 6 aromatic carbocycles. The fraction of sp³-hybridized carbons (Fsp3) is 0. The van der Waals surface area contributed by atoms with Gasteiger partial charge in [-0.3, -0.25) is 9.97 Å². The molecular formula is C43H27N5. The Morgan fingerprint density at radius 3 is 1.40 bits per heavy atom. The molecule has 0 fully saturated rings. The second-order valence-electron chi connectivity index (χ2n) is 11.7. The van der Waals surface area contributed by atoms with Gasteiger partial charge in [0.15, 0.2) is 17.5 Å². The highest BCUT2D eigenvalue weighted by Crippen LogP contribution is 2.43. The van der Waals surface area contributed by atoms with Gasteiger partial charge in [-0.15, -0.1) is 0 Å². The molecule has 224 valence electrons. The van der Waals surface area contributed by atoms with E-state index in [2.05, 4.69) is 125 Å². The van der Waals surface area contributed by atoms with Crippen molar-refractivity contribution in [2.45, 2.75) is 0 Å². The third-order valence-corrected chi connectivity index (χ3v) is 8.90. The van der Waals surface area contributed by atoms with E-state index in [1.807, 2.05) is 24.3 Å². The van der Waals surface area contributed by atoms with Crippen LogP contribution in [0.2, 0.25) is 0 Å².